The number of carbonyl (C=O) groups is 1. The van der Waals surface area contributed by atoms with E-state index in [2.05, 4.69) is 4.98 Å². The van der Waals surface area contributed by atoms with Gasteiger partial charge in [-0.1, -0.05) is 41.4 Å². The Morgan fingerprint density at radius 2 is 1.73 bits per heavy atom. The molecular formula is C27H25BCl2N2O5. The van der Waals surface area contributed by atoms with Gasteiger partial charge in [-0.05, 0) is 39.8 Å². The van der Waals surface area contributed by atoms with Crippen LogP contribution in [0, 0.1) is 11.3 Å². The zero-order valence-corrected chi connectivity index (χ0v) is 22.4. The predicted molar refractivity (Wildman–Crippen MR) is 142 cm³/mol. The molecule has 0 N–H and O–H groups in total. The minimum Gasteiger partial charge on any atom is -0.488 e. The number of aldehydes is 1. The lowest BCUT2D eigenvalue weighted by Crippen LogP contribution is -2.41. The maximum absolute atomic E-state index is 11.6. The second-order valence-corrected chi connectivity index (χ2v) is 10.4. The van der Waals surface area contributed by atoms with E-state index < -0.39 is 18.3 Å². The van der Waals surface area contributed by atoms with Crippen molar-refractivity contribution in [3.63, 3.8) is 0 Å². The molecule has 0 aliphatic carbocycles. The molecule has 2 aromatic carbocycles. The van der Waals surface area contributed by atoms with Gasteiger partial charge in [0.1, 0.15) is 30.8 Å². The van der Waals surface area contributed by atoms with Gasteiger partial charge in [0, 0.05) is 40.1 Å². The number of carbonyl (C=O) groups excluding carboxylic acids is 1. The van der Waals surface area contributed by atoms with Crippen LogP contribution in [0.25, 0.3) is 0 Å². The molecule has 0 unspecified atom stereocenters. The predicted octanol–water partition coefficient (Wildman–Crippen LogP) is 5.53. The molecule has 3 aromatic rings. The van der Waals surface area contributed by atoms with Gasteiger partial charge in [-0.2, -0.15) is 5.26 Å². The number of aromatic nitrogens is 1. The van der Waals surface area contributed by atoms with Crippen LogP contribution in [0.5, 0.6) is 11.5 Å². The van der Waals surface area contributed by atoms with Crippen LogP contribution in [-0.4, -0.2) is 29.6 Å². The van der Waals surface area contributed by atoms with Gasteiger partial charge in [0.05, 0.1) is 27.4 Å². The highest BCUT2D eigenvalue weighted by molar-refractivity contribution is 6.65. The average Bonchev–Trinajstić information content (AvgIpc) is 3.09. The molecule has 0 spiro atoms. The number of ether oxygens (including phenoxy) is 2. The van der Waals surface area contributed by atoms with E-state index in [-0.39, 0.29) is 29.5 Å². The van der Waals surface area contributed by atoms with Gasteiger partial charge in [-0.15, -0.1) is 0 Å². The zero-order valence-electron chi connectivity index (χ0n) is 20.9. The van der Waals surface area contributed by atoms with Crippen molar-refractivity contribution in [3.05, 3.63) is 81.1 Å². The summed E-state index contributed by atoms with van der Waals surface area (Å²) in [4.78, 5) is 15.6. The zero-order chi connectivity index (χ0) is 26.8. The number of pyridine rings is 1. The van der Waals surface area contributed by atoms with Gasteiger partial charge in [0.2, 0.25) is 0 Å². The number of nitriles is 1. The molecular weight excluding hydrogens is 514 g/mol. The third kappa shape index (κ3) is 5.76. The molecule has 10 heteroatoms. The van der Waals surface area contributed by atoms with Crippen LogP contribution >= 0.6 is 23.2 Å². The standard InChI is InChI=1S/C27H25BCl2N2O5/c1-26(2)27(3,4)37-28(36-26)21-7-5-6-19(25(21)30)16-35-24-10-23(20(14-33)9-22(24)29)34-15-18-8-17(11-31)12-32-13-18/h5-10,12-14H,15-16H2,1-4H3. The molecule has 37 heavy (non-hydrogen) atoms. The lowest BCUT2D eigenvalue weighted by atomic mass is 9.78. The normalized spacial score (nSPS) is 15.8. The Morgan fingerprint density at radius 3 is 2.41 bits per heavy atom. The minimum atomic E-state index is -0.609. The largest absolute Gasteiger partial charge is 0.496 e. The van der Waals surface area contributed by atoms with Gasteiger partial charge in [-0.25, -0.2) is 0 Å². The van der Waals surface area contributed by atoms with Crippen LogP contribution in [0.4, 0.5) is 0 Å². The molecule has 0 atom stereocenters. The molecule has 0 amide bonds. The summed E-state index contributed by atoms with van der Waals surface area (Å²) in [6, 6.07) is 12.3. The van der Waals surface area contributed by atoms with Crippen molar-refractivity contribution >= 4 is 42.1 Å². The minimum absolute atomic E-state index is 0.104. The molecule has 190 valence electrons. The quantitative estimate of drug-likeness (QED) is 0.275. The van der Waals surface area contributed by atoms with Crippen LogP contribution in [0.2, 0.25) is 10.0 Å². The van der Waals surface area contributed by atoms with Crippen LogP contribution in [-0.2, 0) is 22.5 Å². The molecule has 7 nitrogen and oxygen atoms in total. The number of rotatable bonds is 8. The number of hydrogen-bond donors (Lipinski definition) is 0. The Hall–Kier alpha value is -3.09. The van der Waals surface area contributed by atoms with Gasteiger partial charge in [0.25, 0.3) is 0 Å². The molecule has 0 bridgehead atoms. The van der Waals surface area contributed by atoms with E-state index in [4.69, 9.17) is 47.2 Å². The Kier molecular flexibility index (Phi) is 7.81. The van der Waals surface area contributed by atoms with Gasteiger partial charge in [0.15, 0.2) is 6.29 Å². The molecule has 1 aliphatic heterocycles. The van der Waals surface area contributed by atoms with Crippen molar-refractivity contribution in [2.24, 2.45) is 0 Å². The maximum atomic E-state index is 11.6. The van der Waals surface area contributed by atoms with Crippen molar-refractivity contribution in [3.8, 4) is 17.6 Å². The summed E-state index contributed by atoms with van der Waals surface area (Å²) in [5, 5.41) is 9.79. The number of halogens is 2. The van der Waals surface area contributed by atoms with Crippen LogP contribution < -0.4 is 14.9 Å². The second kappa shape index (κ2) is 10.7. The Bertz CT molecular complexity index is 1360. The summed E-state index contributed by atoms with van der Waals surface area (Å²) in [5.74, 6) is 0.608. The topological polar surface area (TPSA) is 90.7 Å². The van der Waals surface area contributed by atoms with Crippen LogP contribution in [0.1, 0.15) is 54.7 Å². The average molecular weight is 539 g/mol. The molecule has 1 aliphatic rings. The summed E-state index contributed by atoms with van der Waals surface area (Å²) in [5.41, 5.74) is 1.79. The summed E-state index contributed by atoms with van der Waals surface area (Å²) in [6.45, 7) is 8.14. The van der Waals surface area contributed by atoms with Crippen molar-refractivity contribution in [2.75, 3.05) is 0 Å². The molecule has 1 saturated heterocycles. The fraction of sp³-hybridized carbons (Fsp3) is 0.296. The first-order valence-corrected chi connectivity index (χ1v) is 12.3. The lowest BCUT2D eigenvalue weighted by molar-refractivity contribution is 0.00578. The number of benzene rings is 2. The summed E-state index contributed by atoms with van der Waals surface area (Å²) in [7, 11) is -0.609. The van der Waals surface area contributed by atoms with Crippen molar-refractivity contribution < 1.29 is 23.6 Å². The van der Waals surface area contributed by atoms with Crippen LogP contribution in [0.15, 0.2) is 48.8 Å². The molecule has 1 fully saturated rings. The molecule has 1 aromatic heterocycles. The number of hydrogen-bond acceptors (Lipinski definition) is 7. The van der Waals surface area contributed by atoms with E-state index >= 15 is 0 Å². The van der Waals surface area contributed by atoms with Crippen molar-refractivity contribution in [1.29, 1.82) is 5.26 Å². The van der Waals surface area contributed by atoms with E-state index in [1.54, 1.807) is 18.3 Å². The van der Waals surface area contributed by atoms with Crippen LogP contribution in [0.3, 0.4) is 0 Å². The van der Waals surface area contributed by atoms with Crippen molar-refractivity contribution in [2.45, 2.75) is 52.1 Å². The Balaban J connectivity index is 1.51. The van der Waals surface area contributed by atoms with Crippen molar-refractivity contribution in [1.82, 2.24) is 4.98 Å². The monoisotopic (exact) mass is 538 g/mol. The Morgan fingerprint density at radius 1 is 1.03 bits per heavy atom. The van der Waals surface area contributed by atoms with Gasteiger partial charge >= 0.3 is 7.12 Å². The highest BCUT2D eigenvalue weighted by atomic mass is 35.5. The van der Waals surface area contributed by atoms with E-state index in [9.17, 15) is 4.79 Å². The fourth-order valence-corrected chi connectivity index (χ4v) is 4.18. The second-order valence-electron chi connectivity index (χ2n) is 9.62. The van der Waals surface area contributed by atoms with E-state index in [0.29, 0.717) is 39.2 Å². The van der Waals surface area contributed by atoms with E-state index in [1.165, 1.54) is 12.3 Å². The smallest absolute Gasteiger partial charge is 0.488 e. The fourth-order valence-electron chi connectivity index (χ4n) is 3.69. The van der Waals surface area contributed by atoms with E-state index in [1.807, 2.05) is 52.0 Å². The molecule has 2 heterocycles. The first kappa shape index (κ1) is 27.0. The molecule has 4 rings (SSSR count). The highest BCUT2D eigenvalue weighted by Gasteiger charge is 2.52. The lowest BCUT2D eigenvalue weighted by Gasteiger charge is -2.32. The SMILES string of the molecule is CC1(C)OB(c2cccc(COc3cc(OCc4cncc(C#N)c4)c(C=O)cc3Cl)c2Cl)OC1(C)C. The Labute approximate surface area is 226 Å². The molecule has 0 saturated carbocycles. The highest BCUT2D eigenvalue weighted by Crippen LogP contribution is 2.37. The van der Waals surface area contributed by atoms with Gasteiger partial charge in [-0.3, -0.25) is 9.78 Å². The molecule has 0 radical (unpaired) electrons. The first-order chi connectivity index (χ1) is 17.5. The maximum Gasteiger partial charge on any atom is 0.496 e. The van der Waals surface area contributed by atoms with Gasteiger partial charge < -0.3 is 18.8 Å². The third-order valence-electron chi connectivity index (χ3n) is 6.51. The summed E-state index contributed by atoms with van der Waals surface area (Å²) in [6.07, 6.45) is 3.70. The number of nitrogens with zero attached hydrogens (tertiary/aromatic N) is 2. The summed E-state index contributed by atoms with van der Waals surface area (Å²) >= 11 is 13.1. The summed E-state index contributed by atoms with van der Waals surface area (Å²) < 4.78 is 24.1. The first-order valence-electron chi connectivity index (χ1n) is 11.6. The third-order valence-corrected chi connectivity index (χ3v) is 7.26. The van der Waals surface area contributed by atoms with E-state index in [0.717, 1.165) is 0 Å².